The molecule has 0 atom stereocenters. The zero-order valence-corrected chi connectivity index (χ0v) is 15.3. The minimum atomic E-state index is -0.0187. The Bertz CT molecular complexity index is 656. The van der Waals surface area contributed by atoms with Crippen molar-refractivity contribution in [1.29, 1.82) is 0 Å². The van der Waals surface area contributed by atoms with Gasteiger partial charge in [-0.15, -0.1) is 0 Å². The van der Waals surface area contributed by atoms with Crippen LogP contribution < -0.4 is 9.64 Å². The van der Waals surface area contributed by atoms with Crippen LogP contribution in [0, 0.1) is 5.92 Å². The second-order valence-corrected chi connectivity index (χ2v) is 6.59. The highest BCUT2D eigenvalue weighted by Crippen LogP contribution is 2.27. The number of nitrogens with zero attached hydrogens (tertiary/aromatic N) is 1. The number of anilines is 1. The Hall–Kier alpha value is -1.81. The van der Waals surface area contributed by atoms with E-state index in [1.807, 2.05) is 55.5 Å². The minimum Gasteiger partial charge on any atom is -0.492 e. The predicted molar refractivity (Wildman–Crippen MR) is 98.3 cm³/mol. The molecule has 0 bridgehead atoms. The minimum absolute atomic E-state index is 0.0187. The molecule has 0 spiro atoms. The van der Waals surface area contributed by atoms with Crippen LogP contribution in [0.15, 0.2) is 53.0 Å². The van der Waals surface area contributed by atoms with Gasteiger partial charge in [-0.3, -0.25) is 4.79 Å². The molecule has 0 aliphatic rings. The number of ether oxygens (including phenoxy) is 1. The van der Waals surface area contributed by atoms with Gasteiger partial charge in [-0.25, -0.2) is 0 Å². The molecule has 0 radical (unpaired) electrons. The van der Waals surface area contributed by atoms with Gasteiger partial charge in [0.2, 0.25) is 0 Å². The van der Waals surface area contributed by atoms with Crippen molar-refractivity contribution in [2.75, 3.05) is 18.1 Å². The van der Waals surface area contributed by atoms with Crippen LogP contribution in [0.3, 0.4) is 0 Å². The molecule has 0 fully saturated rings. The molecule has 0 N–H and O–H groups in total. The summed E-state index contributed by atoms with van der Waals surface area (Å²) in [6.45, 7) is 7.44. The molecule has 122 valence electrons. The standard InChI is InChI=1S/C19H22BrNO2/c1-4-21(16-8-6-5-7-9-16)19(22)15-10-11-18(17(20)12-15)23-13-14(2)3/h5-12,14H,4,13H2,1-3H3. The molecule has 0 aliphatic carbocycles. The number of benzene rings is 2. The maximum Gasteiger partial charge on any atom is 0.258 e. The molecular formula is C19H22BrNO2. The fraction of sp³-hybridized carbons (Fsp3) is 0.316. The number of para-hydroxylation sites is 1. The Morgan fingerprint density at radius 3 is 2.43 bits per heavy atom. The molecule has 2 aromatic carbocycles. The smallest absolute Gasteiger partial charge is 0.258 e. The first-order valence-electron chi connectivity index (χ1n) is 7.82. The summed E-state index contributed by atoms with van der Waals surface area (Å²) in [5.74, 6) is 1.20. The van der Waals surface area contributed by atoms with Crippen LogP contribution in [0.25, 0.3) is 0 Å². The van der Waals surface area contributed by atoms with Gasteiger partial charge in [0.25, 0.3) is 5.91 Å². The van der Waals surface area contributed by atoms with Gasteiger partial charge < -0.3 is 9.64 Å². The summed E-state index contributed by atoms with van der Waals surface area (Å²) in [7, 11) is 0. The Balaban J connectivity index is 2.20. The monoisotopic (exact) mass is 375 g/mol. The van der Waals surface area contributed by atoms with Crippen LogP contribution in [-0.2, 0) is 0 Å². The maximum atomic E-state index is 12.8. The highest BCUT2D eigenvalue weighted by molar-refractivity contribution is 9.10. The van der Waals surface area contributed by atoms with E-state index in [-0.39, 0.29) is 5.91 Å². The largest absolute Gasteiger partial charge is 0.492 e. The van der Waals surface area contributed by atoms with Crippen LogP contribution in [0.2, 0.25) is 0 Å². The highest BCUT2D eigenvalue weighted by atomic mass is 79.9. The Labute approximate surface area is 146 Å². The first-order chi connectivity index (χ1) is 11.0. The Morgan fingerprint density at radius 2 is 1.87 bits per heavy atom. The fourth-order valence-electron chi connectivity index (χ4n) is 2.21. The molecule has 23 heavy (non-hydrogen) atoms. The van der Waals surface area contributed by atoms with Crippen LogP contribution in [0.4, 0.5) is 5.69 Å². The van der Waals surface area contributed by atoms with Crippen LogP contribution >= 0.6 is 15.9 Å². The number of carbonyl (C=O) groups excluding carboxylic acids is 1. The topological polar surface area (TPSA) is 29.5 Å². The Morgan fingerprint density at radius 1 is 1.17 bits per heavy atom. The SMILES string of the molecule is CCN(C(=O)c1ccc(OCC(C)C)c(Br)c1)c1ccccc1. The van der Waals surface area contributed by atoms with Crippen molar-refractivity contribution >= 4 is 27.5 Å². The first-order valence-corrected chi connectivity index (χ1v) is 8.61. The van der Waals surface area contributed by atoms with E-state index in [9.17, 15) is 4.79 Å². The van der Waals surface area contributed by atoms with E-state index in [0.717, 1.165) is 15.9 Å². The molecule has 2 aromatic rings. The van der Waals surface area contributed by atoms with Gasteiger partial charge in [-0.05, 0) is 59.1 Å². The van der Waals surface area contributed by atoms with E-state index in [0.29, 0.717) is 24.6 Å². The van der Waals surface area contributed by atoms with Crippen molar-refractivity contribution < 1.29 is 9.53 Å². The number of halogens is 1. The first kappa shape index (κ1) is 17.5. The van der Waals surface area contributed by atoms with Gasteiger partial charge in [0.15, 0.2) is 0 Å². The number of amides is 1. The number of carbonyl (C=O) groups is 1. The van der Waals surface area contributed by atoms with Crippen molar-refractivity contribution in [3.63, 3.8) is 0 Å². The van der Waals surface area contributed by atoms with E-state index in [1.165, 1.54) is 0 Å². The van der Waals surface area contributed by atoms with Gasteiger partial charge in [-0.2, -0.15) is 0 Å². The predicted octanol–water partition coefficient (Wildman–Crippen LogP) is 5.15. The van der Waals surface area contributed by atoms with E-state index in [1.54, 1.807) is 4.90 Å². The van der Waals surface area contributed by atoms with Gasteiger partial charge >= 0.3 is 0 Å². The zero-order chi connectivity index (χ0) is 16.8. The third-order valence-electron chi connectivity index (χ3n) is 3.38. The molecule has 0 saturated carbocycles. The average Bonchev–Trinajstić information content (AvgIpc) is 2.55. The molecule has 4 heteroatoms. The van der Waals surface area contributed by atoms with Crippen molar-refractivity contribution in [3.8, 4) is 5.75 Å². The molecule has 0 aliphatic heterocycles. The molecule has 1 amide bonds. The third-order valence-corrected chi connectivity index (χ3v) is 4.00. The third kappa shape index (κ3) is 4.58. The van der Waals surface area contributed by atoms with E-state index in [2.05, 4.69) is 29.8 Å². The van der Waals surface area contributed by atoms with Gasteiger partial charge in [0.05, 0.1) is 11.1 Å². The lowest BCUT2D eigenvalue weighted by Gasteiger charge is -2.21. The van der Waals surface area contributed by atoms with Crippen molar-refractivity contribution in [2.24, 2.45) is 5.92 Å². The van der Waals surface area contributed by atoms with Crippen molar-refractivity contribution in [3.05, 3.63) is 58.6 Å². The Kier molecular flexibility index (Phi) is 6.22. The van der Waals surface area contributed by atoms with Crippen LogP contribution in [0.1, 0.15) is 31.1 Å². The maximum absolute atomic E-state index is 12.8. The molecule has 0 aromatic heterocycles. The highest BCUT2D eigenvalue weighted by Gasteiger charge is 2.17. The van der Waals surface area contributed by atoms with Crippen molar-refractivity contribution in [2.45, 2.75) is 20.8 Å². The molecule has 3 nitrogen and oxygen atoms in total. The lowest BCUT2D eigenvalue weighted by atomic mass is 10.1. The molecular weight excluding hydrogens is 354 g/mol. The summed E-state index contributed by atoms with van der Waals surface area (Å²) < 4.78 is 6.53. The van der Waals surface area contributed by atoms with Crippen LogP contribution in [-0.4, -0.2) is 19.1 Å². The number of hydrogen-bond acceptors (Lipinski definition) is 2. The van der Waals surface area contributed by atoms with Gasteiger partial charge in [0, 0.05) is 17.8 Å². The van der Waals surface area contributed by atoms with E-state index >= 15 is 0 Å². The molecule has 0 saturated heterocycles. The van der Waals surface area contributed by atoms with E-state index in [4.69, 9.17) is 4.74 Å². The second-order valence-electron chi connectivity index (χ2n) is 5.74. The lowest BCUT2D eigenvalue weighted by molar-refractivity contribution is 0.0988. The summed E-state index contributed by atoms with van der Waals surface area (Å²) >= 11 is 3.50. The second kappa shape index (κ2) is 8.16. The molecule has 0 unspecified atom stereocenters. The summed E-state index contributed by atoms with van der Waals surface area (Å²) in [5.41, 5.74) is 1.54. The quantitative estimate of drug-likeness (QED) is 0.698. The zero-order valence-electron chi connectivity index (χ0n) is 13.8. The van der Waals surface area contributed by atoms with Gasteiger partial charge in [0.1, 0.15) is 5.75 Å². The lowest BCUT2D eigenvalue weighted by Crippen LogP contribution is -2.30. The number of hydrogen-bond donors (Lipinski definition) is 0. The molecule has 0 heterocycles. The number of rotatable bonds is 6. The molecule has 2 rings (SSSR count). The summed E-state index contributed by atoms with van der Waals surface area (Å²) in [5, 5.41) is 0. The van der Waals surface area contributed by atoms with Crippen LogP contribution in [0.5, 0.6) is 5.75 Å². The van der Waals surface area contributed by atoms with E-state index < -0.39 is 0 Å². The fourth-order valence-corrected chi connectivity index (χ4v) is 2.71. The van der Waals surface area contributed by atoms with Gasteiger partial charge in [-0.1, -0.05) is 32.0 Å². The van der Waals surface area contributed by atoms with Crippen molar-refractivity contribution in [1.82, 2.24) is 0 Å². The average molecular weight is 376 g/mol. The summed E-state index contributed by atoms with van der Waals surface area (Å²) in [6.07, 6.45) is 0. The summed E-state index contributed by atoms with van der Waals surface area (Å²) in [4.78, 5) is 14.5. The normalized spacial score (nSPS) is 10.7. The summed E-state index contributed by atoms with van der Waals surface area (Å²) in [6, 6.07) is 15.2.